The number of rotatable bonds is 38. The van der Waals surface area contributed by atoms with Crippen LogP contribution in [0.5, 0.6) is 17.2 Å². The molecule has 1 aromatic carbocycles. The molecular formula is C46H81N3O4. The molecule has 53 heavy (non-hydrogen) atoms. The van der Waals surface area contributed by atoms with Gasteiger partial charge in [0.1, 0.15) is 5.69 Å². The van der Waals surface area contributed by atoms with E-state index in [1.54, 1.807) is 0 Å². The summed E-state index contributed by atoms with van der Waals surface area (Å²) in [6.45, 7) is 8.67. The molecule has 7 heteroatoms. The Morgan fingerprint density at radius 3 is 1.19 bits per heavy atom. The van der Waals surface area contributed by atoms with E-state index in [2.05, 4.69) is 36.1 Å². The fourth-order valence-electron chi connectivity index (χ4n) is 6.89. The summed E-state index contributed by atoms with van der Waals surface area (Å²) in [6, 6.07) is 3.79. The molecule has 1 amide bonds. The van der Waals surface area contributed by atoms with Crippen LogP contribution in [-0.4, -0.2) is 35.7 Å². The van der Waals surface area contributed by atoms with E-state index in [1.165, 1.54) is 167 Å². The van der Waals surface area contributed by atoms with Crippen LogP contribution in [0.1, 0.15) is 224 Å². The van der Waals surface area contributed by atoms with Crippen molar-refractivity contribution < 1.29 is 19.0 Å². The van der Waals surface area contributed by atoms with Gasteiger partial charge in [0.25, 0.3) is 5.91 Å². The monoisotopic (exact) mass is 740 g/mol. The normalized spacial score (nSPS) is 11.2. The lowest BCUT2D eigenvalue weighted by atomic mass is 10.1. The fraction of sp³-hybridized carbons (Fsp3) is 0.783. The van der Waals surface area contributed by atoms with Crippen molar-refractivity contribution in [3.63, 3.8) is 0 Å². The van der Waals surface area contributed by atoms with Gasteiger partial charge in [0.15, 0.2) is 11.5 Å². The van der Waals surface area contributed by atoms with Gasteiger partial charge in [-0.3, -0.25) is 4.79 Å². The first-order valence-corrected chi connectivity index (χ1v) is 22.6. The van der Waals surface area contributed by atoms with Crippen molar-refractivity contribution in [3.8, 4) is 17.2 Å². The number of carbonyl (C=O) groups excluding carboxylic acids is 1. The van der Waals surface area contributed by atoms with Gasteiger partial charge in [0.05, 0.1) is 32.3 Å². The zero-order valence-corrected chi connectivity index (χ0v) is 34.7. The minimum absolute atomic E-state index is 0.247. The second-order valence-corrected chi connectivity index (χ2v) is 15.3. The number of amides is 1. The second-order valence-electron chi connectivity index (χ2n) is 15.3. The predicted octanol–water partition coefficient (Wildman–Crippen LogP) is 14.6. The van der Waals surface area contributed by atoms with Crippen LogP contribution in [0.2, 0.25) is 0 Å². The Kier molecular flexibility index (Phi) is 29.7. The quantitative estimate of drug-likeness (QED) is 0.0670. The number of hydrogen-bond donors (Lipinski definition) is 2. The maximum atomic E-state index is 13.0. The highest BCUT2D eigenvalue weighted by Crippen LogP contribution is 2.41. The van der Waals surface area contributed by atoms with Gasteiger partial charge in [0, 0.05) is 17.8 Å². The summed E-state index contributed by atoms with van der Waals surface area (Å²) >= 11 is 0. The minimum atomic E-state index is -0.247. The number of anilines is 1. The number of benzene rings is 1. The van der Waals surface area contributed by atoms with Crippen molar-refractivity contribution in [2.75, 3.05) is 25.1 Å². The predicted molar refractivity (Wildman–Crippen MR) is 225 cm³/mol. The van der Waals surface area contributed by atoms with Gasteiger partial charge in [-0.25, -0.2) is 4.98 Å². The van der Waals surface area contributed by atoms with Crippen LogP contribution in [0.4, 0.5) is 5.69 Å². The summed E-state index contributed by atoms with van der Waals surface area (Å²) in [7, 11) is 0. The average Bonchev–Trinajstić information content (AvgIpc) is 3.71. The topological polar surface area (TPSA) is 85.5 Å². The largest absolute Gasteiger partial charge is 0.489 e. The third kappa shape index (κ3) is 24.4. The average molecular weight is 740 g/mol. The first-order valence-electron chi connectivity index (χ1n) is 22.6. The summed E-state index contributed by atoms with van der Waals surface area (Å²) in [6.07, 6.45) is 41.5. The SMILES string of the molecule is CCCCCCCCCCCCOc1cc(NC(=O)c2cnc[nH]2)cc(OCCCCCCCCCCCC)c1OCCCCCCCCCCCC. The molecule has 0 saturated carbocycles. The molecule has 0 saturated heterocycles. The minimum Gasteiger partial charge on any atom is -0.489 e. The first-order chi connectivity index (χ1) is 26.2. The van der Waals surface area contributed by atoms with Crippen molar-refractivity contribution in [3.05, 3.63) is 30.4 Å². The van der Waals surface area contributed by atoms with Crippen LogP contribution >= 0.6 is 0 Å². The zero-order chi connectivity index (χ0) is 37.9. The number of unbranched alkanes of at least 4 members (excludes halogenated alkanes) is 27. The van der Waals surface area contributed by atoms with Crippen LogP contribution in [0.15, 0.2) is 24.7 Å². The number of aromatic nitrogens is 2. The summed E-state index contributed by atoms with van der Waals surface area (Å²) in [5.74, 6) is 1.71. The van der Waals surface area contributed by atoms with Crippen molar-refractivity contribution in [1.29, 1.82) is 0 Å². The Labute approximate surface area is 325 Å². The van der Waals surface area contributed by atoms with Gasteiger partial charge < -0.3 is 24.5 Å². The van der Waals surface area contributed by atoms with Crippen molar-refractivity contribution in [2.45, 2.75) is 213 Å². The number of hydrogen-bond acceptors (Lipinski definition) is 5. The lowest BCUT2D eigenvalue weighted by Crippen LogP contribution is -2.13. The van der Waals surface area contributed by atoms with Gasteiger partial charge in [-0.05, 0) is 19.3 Å². The van der Waals surface area contributed by atoms with Crippen molar-refractivity contribution >= 4 is 11.6 Å². The van der Waals surface area contributed by atoms with E-state index < -0.39 is 0 Å². The highest BCUT2D eigenvalue weighted by Gasteiger charge is 2.18. The highest BCUT2D eigenvalue weighted by molar-refractivity contribution is 6.03. The Bertz CT molecular complexity index is 1060. The van der Waals surface area contributed by atoms with Gasteiger partial charge >= 0.3 is 0 Å². The lowest BCUT2D eigenvalue weighted by Gasteiger charge is -2.19. The fourth-order valence-corrected chi connectivity index (χ4v) is 6.89. The van der Waals surface area contributed by atoms with Crippen LogP contribution in [-0.2, 0) is 0 Å². The van der Waals surface area contributed by atoms with Gasteiger partial charge in [-0.1, -0.05) is 194 Å². The Morgan fingerprint density at radius 1 is 0.509 bits per heavy atom. The maximum absolute atomic E-state index is 13.0. The number of carbonyl (C=O) groups is 1. The molecule has 2 rings (SSSR count). The molecule has 0 bridgehead atoms. The van der Waals surface area contributed by atoms with E-state index in [-0.39, 0.29) is 5.91 Å². The second kappa shape index (κ2) is 33.8. The van der Waals surface area contributed by atoms with E-state index in [0.717, 1.165) is 38.5 Å². The van der Waals surface area contributed by atoms with Crippen LogP contribution in [0.3, 0.4) is 0 Å². The molecule has 1 heterocycles. The Hall–Kier alpha value is -2.70. The van der Waals surface area contributed by atoms with Crippen LogP contribution < -0.4 is 19.5 Å². The molecule has 0 aliphatic rings. The molecule has 0 radical (unpaired) electrons. The summed E-state index contributed by atoms with van der Waals surface area (Å²) < 4.78 is 19.4. The van der Waals surface area contributed by atoms with Gasteiger partial charge in [-0.15, -0.1) is 0 Å². The van der Waals surface area contributed by atoms with Crippen LogP contribution in [0.25, 0.3) is 0 Å². The molecule has 0 unspecified atom stereocenters. The zero-order valence-electron chi connectivity index (χ0n) is 34.7. The number of ether oxygens (including phenoxy) is 3. The molecular weight excluding hydrogens is 659 g/mol. The number of H-pyrrole nitrogens is 1. The third-order valence-electron chi connectivity index (χ3n) is 10.3. The molecule has 0 fully saturated rings. The van der Waals surface area contributed by atoms with E-state index >= 15 is 0 Å². The van der Waals surface area contributed by atoms with E-state index in [4.69, 9.17) is 14.2 Å². The molecule has 2 N–H and O–H groups in total. The molecule has 0 atom stereocenters. The molecule has 0 aliphatic heterocycles. The number of nitrogens with zero attached hydrogens (tertiary/aromatic N) is 1. The van der Waals surface area contributed by atoms with Gasteiger partial charge in [-0.2, -0.15) is 0 Å². The third-order valence-corrected chi connectivity index (χ3v) is 10.3. The smallest absolute Gasteiger partial charge is 0.273 e. The molecule has 2 aromatic rings. The van der Waals surface area contributed by atoms with E-state index in [9.17, 15) is 4.79 Å². The lowest BCUT2D eigenvalue weighted by molar-refractivity contribution is 0.102. The summed E-state index contributed by atoms with van der Waals surface area (Å²) in [5.41, 5.74) is 1.04. The molecule has 0 spiro atoms. The summed E-state index contributed by atoms with van der Waals surface area (Å²) in [4.78, 5) is 19.9. The number of imidazole rings is 1. The molecule has 1 aromatic heterocycles. The van der Waals surface area contributed by atoms with Gasteiger partial charge in [0.2, 0.25) is 5.75 Å². The van der Waals surface area contributed by atoms with Crippen molar-refractivity contribution in [2.24, 2.45) is 0 Å². The maximum Gasteiger partial charge on any atom is 0.273 e. The molecule has 0 aliphatic carbocycles. The van der Waals surface area contributed by atoms with Crippen LogP contribution in [0, 0.1) is 0 Å². The van der Waals surface area contributed by atoms with E-state index in [0.29, 0.717) is 48.5 Å². The number of nitrogens with one attached hydrogen (secondary N) is 2. The Morgan fingerprint density at radius 2 is 0.849 bits per heavy atom. The summed E-state index contributed by atoms with van der Waals surface area (Å²) in [5, 5.41) is 3.02. The number of aromatic amines is 1. The molecule has 7 nitrogen and oxygen atoms in total. The Balaban J connectivity index is 1.98. The highest BCUT2D eigenvalue weighted by atomic mass is 16.5. The first kappa shape index (κ1) is 46.5. The van der Waals surface area contributed by atoms with Crippen molar-refractivity contribution in [1.82, 2.24) is 9.97 Å². The standard InChI is InChI=1S/C46H81N3O4/c1-4-7-10-13-16-19-22-25-28-31-34-51-43-37-41(49-46(50)42-39-47-40-48-42)38-44(52-35-32-29-26-23-20-17-14-11-8-5-2)45(43)53-36-33-30-27-24-21-18-15-12-9-6-3/h37-40H,4-36H2,1-3H3,(H,47,48)(H,49,50). The van der Waals surface area contributed by atoms with E-state index in [1.807, 2.05) is 12.1 Å². The molecule has 304 valence electrons.